The average molecular weight is 214 g/mol. The topological polar surface area (TPSA) is 48.1 Å². The second-order valence-electron chi connectivity index (χ2n) is 3.35. The van der Waals surface area contributed by atoms with Crippen LogP contribution >= 0.6 is 11.3 Å². The van der Waals surface area contributed by atoms with Gasteiger partial charge in [0.2, 0.25) is 0 Å². The van der Waals surface area contributed by atoms with Gasteiger partial charge in [0.1, 0.15) is 5.01 Å². The van der Waals surface area contributed by atoms with Crippen LogP contribution in [-0.4, -0.2) is 12.1 Å². The zero-order chi connectivity index (χ0) is 10.4. The monoisotopic (exact) mass is 214 g/mol. The molecule has 1 aromatic heterocycles. The van der Waals surface area contributed by atoms with Crippen LogP contribution in [0.4, 0.5) is 0 Å². The molecule has 1 heterocycles. The van der Waals surface area contributed by atoms with Crippen LogP contribution in [0.25, 0.3) is 0 Å². The molecule has 1 aromatic rings. The fourth-order valence-corrected chi connectivity index (χ4v) is 2.09. The first-order valence-corrected chi connectivity index (χ1v) is 5.84. The summed E-state index contributed by atoms with van der Waals surface area (Å²) in [4.78, 5) is 4.42. The number of nitrogens with zero attached hydrogens (tertiary/aromatic N) is 1. The number of nitrogens with two attached hydrogens (primary N) is 1. The molecule has 1 atom stereocenters. The number of ether oxygens (including phenoxy) is 1. The Morgan fingerprint density at radius 2 is 2.43 bits per heavy atom. The summed E-state index contributed by atoms with van der Waals surface area (Å²) in [6.07, 6.45) is 3.37. The third kappa shape index (κ3) is 3.36. The highest BCUT2D eigenvalue weighted by Crippen LogP contribution is 2.19. The van der Waals surface area contributed by atoms with Crippen molar-refractivity contribution in [3.8, 4) is 0 Å². The summed E-state index contributed by atoms with van der Waals surface area (Å²) >= 11 is 1.62. The van der Waals surface area contributed by atoms with Crippen LogP contribution in [0, 0.1) is 0 Å². The maximum absolute atomic E-state index is 5.99. The first kappa shape index (κ1) is 11.6. The number of methoxy groups -OCH3 is 1. The van der Waals surface area contributed by atoms with E-state index in [0.717, 1.165) is 23.5 Å². The zero-order valence-electron chi connectivity index (χ0n) is 8.82. The summed E-state index contributed by atoms with van der Waals surface area (Å²) in [5.74, 6) is 0. The number of thiazole rings is 1. The first-order valence-electron chi connectivity index (χ1n) is 4.96. The van der Waals surface area contributed by atoms with E-state index >= 15 is 0 Å². The van der Waals surface area contributed by atoms with Gasteiger partial charge in [-0.25, -0.2) is 4.98 Å². The fraction of sp³-hybridized carbons (Fsp3) is 0.700. The van der Waals surface area contributed by atoms with Gasteiger partial charge in [0.05, 0.1) is 12.3 Å². The van der Waals surface area contributed by atoms with Crippen LogP contribution in [0.1, 0.15) is 42.9 Å². The molecule has 0 spiro atoms. The zero-order valence-corrected chi connectivity index (χ0v) is 9.64. The minimum Gasteiger partial charge on any atom is -0.378 e. The smallest absolute Gasteiger partial charge is 0.119 e. The van der Waals surface area contributed by atoms with Crippen LogP contribution in [0.5, 0.6) is 0 Å². The molecule has 0 aromatic carbocycles. The highest BCUT2D eigenvalue weighted by Gasteiger charge is 2.09. The van der Waals surface area contributed by atoms with Crippen molar-refractivity contribution in [3.05, 3.63) is 16.1 Å². The molecule has 0 aliphatic carbocycles. The molecule has 0 aliphatic rings. The van der Waals surface area contributed by atoms with E-state index in [1.54, 1.807) is 18.4 Å². The van der Waals surface area contributed by atoms with Crippen molar-refractivity contribution in [1.82, 2.24) is 4.98 Å². The number of rotatable bonds is 6. The van der Waals surface area contributed by atoms with Crippen molar-refractivity contribution in [2.45, 2.75) is 38.8 Å². The van der Waals surface area contributed by atoms with Gasteiger partial charge in [0.25, 0.3) is 0 Å². The Hall–Kier alpha value is -0.450. The number of aromatic nitrogens is 1. The molecule has 0 radical (unpaired) electrons. The van der Waals surface area contributed by atoms with Crippen LogP contribution in [-0.2, 0) is 11.3 Å². The van der Waals surface area contributed by atoms with Gasteiger partial charge in [0, 0.05) is 18.5 Å². The molecule has 0 fully saturated rings. The van der Waals surface area contributed by atoms with Crippen molar-refractivity contribution < 1.29 is 4.74 Å². The molecular weight excluding hydrogens is 196 g/mol. The minimum atomic E-state index is 0.0943. The Kier molecular flexibility index (Phi) is 5.07. The molecule has 4 heteroatoms. The van der Waals surface area contributed by atoms with Gasteiger partial charge in [0.15, 0.2) is 0 Å². The number of hydrogen-bond acceptors (Lipinski definition) is 4. The summed E-state index contributed by atoms with van der Waals surface area (Å²) in [7, 11) is 1.68. The molecule has 1 unspecified atom stereocenters. The lowest BCUT2D eigenvalue weighted by atomic mass is 10.1. The van der Waals surface area contributed by atoms with Crippen molar-refractivity contribution in [2.24, 2.45) is 5.73 Å². The summed E-state index contributed by atoms with van der Waals surface area (Å²) in [6, 6.07) is 0.0943. The first-order chi connectivity index (χ1) is 6.77. The Labute approximate surface area is 89.3 Å². The van der Waals surface area contributed by atoms with Gasteiger partial charge in [-0.15, -0.1) is 11.3 Å². The average Bonchev–Trinajstić information content (AvgIpc) is 2.63. The maximum atomic E-state index is 5.99. The molecule has 0 saturated carbocycles. The van der Waals surface area contributed by atoms with E-state index in [-0.39, 0.29) is 6.04 Å². The Balaban J connectivity index is 2.48. The molecule has 0 bridgehead atoms. The number of unbranched alkanes of at least 4 members (excludes halogenated alkanes) is 1. The third-order valence-electron chi connectivity index (χ3n) is 2.09. The standard InChI is InChI=1S/C10H18N2OS/c1-3-4-5-8(11)9-7-14-10(12-9)6-13-2/h7-8H,3-6,11H2,1-2H3. The van der Waals surface area contributed by atoms with E-state index in [9.17, 15) is 0 Å². The predicted molar refractivity (Wildman–Crippen MR) is 59.3 cm³/mol. The fourth-order valence-electron chi connectivity index (χ4n) is 1.26. The summed E-state index contributed by atoms with van der Waals surface area (Å²) in [5, 5.41) is 3.05. The lowest BCUT2D eigenvalue weighted by molar-refractivity contribution is 0.184. The molecular formula is C10H18N2OS. The summed E-state index contributed by atoms with van der Waals surface area (Å²) in [5.41, 5.74) is 7.00. The molecule has 3 nitrogen and oxygen atoms in total. The largest absolute Gasteiger partial charge is 0.378 e. The third-order valence-corrected chi connectivity index (χ3v) is 2.93. The Morgan fingerprint density at radius 1 is 1.64 bits per heavy atom. The van der Waals surface area contributed by atoms with Crippen LogP contribution < -0.4 is 5.73 Å². The predicted octanol–water partition coefficient (Wildman–Crippen LogP) is 2.48. The van der Waals surface area contributed by atoms with Crippen molar-refractivity contribution >= 4 is 11.3 Å². The van der Waals surface area contributed by atoms with Gasteiger partial charge in [-0.2, -0.15) is 0 Å². The van der Waals surface area contributed by atoms with Crippen LogP contribution in [0.2, 0.25) is 0 Å². The van der Waals surface area contributed by atoms with Crippen LogP contribution in [0.15, 0.2) is 5.38 Å². The van der Waals surface area contributed by atoms with Crippen molar-refractivity contribution in [3.63, 3.8) is 0 Å². The molecule has 0 saturated heterocycles. The lowest BCUT2D eigenvalue weighted by Gasteiger charge is -2.06. The van der Waals surface area contributed by atoms with Crippen molar-refractivity contribution in [1.29, 1.82) is 0 Å². The normalized spacial score (nSPS) is 13.1. The highest BCUT2D eigenvalue weighted by atomic mass is 32.1. The van der Waals surface area contributed by atoms with E-state index in [2.05, 4.69) is 11.9 Å². The summed E-state index contributed by atoms with van der Waals surface area (Å²) in [6.45, 7) is 2.76. The van der Waals surface area contributed by atoms with Gasteiger partial charge in [-0.1, -0.05) is 19.8 Å². The molecule has 80 valence electrons. The van der Waals surface area contributed by atoms with E-state index in [4.69, 9.17) is 10.5 Å². The van der Waals surface area contributed by atoms with Gasteiger partial charge >= 0.3 is 0 Å². The second kappa shape index (κ2) is 6.11. The van der Waals surface area contributed by atoms with Gasteiger partial charge in [-0.3, -0.25) is 0 Å². The summed E-state index contributed by atoms with van der Waals surface area (Å²) < 4.78 is 5.01. The number of hydrogen-bond donors (Lipinski definition) is 1. The SMILES string of the molecule is CCCCC(N)c1csc(COC)n1. The molecule has 0 amide bonds. The minimum absolute atomic E-state index is 0.0943. The van der Waals surface area contributed by atoms with E-state index in [0.29, 0.717) is 6.61 Å². The Bertz CT molecular complexity index is 262. The second-order valence-corrected chi connectivity index (χ2v) is 4.29. The van der Waals surface area contributed by atoms with Crippen LogP contribution in [0.3, 0.4) is 0 Å². The van der Waals surface area contributed by atoms with Gasteiger partial charge in [-0.05, 0) is 6.42 Å². The van der Waals surface area contributed by atoms with E-state index in [1.807, 2.05) is 5.38 Å². The van der Waals surface area contributed by atoms with Crippen molar-refractivity contribution in [2.75, 3.05) is 7.11 Å². The molecule has 0 aliphatic heterocycles. The highest BCUT2D eigenvalue weighted by molar-refractivity contribution is 7.09. The lowest BCUT2D eigenvalue weighted by Crippen LogP contribution is -2.10. The molecule has 14 heavy (non-hydrogen) atoms. The molecule has 2 N–H and O–H groups in total. The Morgan fingerprint density at radius 3 is 3.07 bits per heavy atom. The molecule has 1 rings (SSSR count). The van der Waals surface area contributed by atoms with E-state index in [1.165, 1.54) is 6.42 Å². The maximum Gasteiger partial charge on any atom is 0.119 e. The van der Waals surface area contributed by atoms with E-state index < -0.39 is 0 Å². The van der Waals surface area contributed by atoms with Gasteiger partial charge < -0.3 is 10.5 Å². The quantitative estimate of drug-likeness (QED) is 0.791.